The van der Waals surface area contributed by atoms with Crippen LogP contribution in [-0.2, 0) is 9.53 Å². The van der Waals surface area contributed by atoms with Crippen LogP contribution in [0.25, 0.3) is 0 Å². The second-order valence-corrected chi connectivity index (χ2v) is 4.23. The Kier molecular flexibility index (Phi) is 4.59. The van der Waals surface area contributed by atoms with Gasteiger partial charge < -0.3 is 15.4 Å². The van der Waals surface area contributed by atoms with Gasteiger partial charge in [0.05, 0.1) is 6.10 Å². The number of amides is 1. The van der Waals surface area contributed by atoms with Crippen LogP contribution < -0.4 is 5.73 Å². The van der Waals surface area contributed by atoms with Gasteiger partial charge in [-0.2, -0.15) is 8.78 Å². The number of ether oxygens (including phenoxy) is 1. The number of hydrogen-bond donors (Lipinski definition) is 1. The first-order valence-electron chi connectivity index (χ1n) is 5.56. The summed E-state index contributed by atoms with van der Waals surface area (Å²) in [5.74, 6) is -0.0612. The fourth-order valence-electron chi connectivity index (χ4n) is 1.44. The first-order chi connectivity index (χ1) is 7.86. The summed E-state index contributed by atoms with van der Waals surface area (Å²) >= 11 is 0. The van der Waals surface area contributed by atoms with Crippen molar-refractivity contribution >= 4 is 5.91 Å². The Hall–Kier alpha value is -1.01. The summed E-state index contributed by atoms with van der Waals surface area (Å²) in [4.78, 5) is 12.9. The van der Waals surface area contributed by atoms with Crippen LogP contribution >= 0.6 is 0 Å². The molecule has 0 aromatic heterocycles. The van der Waals surface area contributed by atoms with E-state index in [0.29, 0.717) is 19.4 Å². The van der Waals surface area contributed by atoms with Crippen molar-refractivity contribution in [3.05, 3.63) is 12.2 Å². The molecule has 0 radical (unpaired) electrons. The van der Waals surface area contributed by atoms with E-state index < -0.39 is 12.2 Å². The van der Waals surface area contributed by atoms with Crippen LogP contribution in [0.1, 0.15) is 19.8 Å². The fraction of sp³-hybridized carbons (Fsp3) is 0.727. The predicted molar refractivity (Wildman–Crippen MR) is 59.5 cm³/mol. The standard InChI is InChI=1S/C11H18F2N2O2/c1-8(2)11(12,13)17-9-6-15(7-9)10(16)4-3-5-14/h9H,1,3-7,14H2,2H3. The molecule has 0 spiro atoms. The van der Waals surface area contributed by atoms with Crippen molar-refractivity contribution in [1.29, 1.82) is 0 Å². The molecule has 1 fully saturated rings. The van der Waals surface area contributed by atoms with E-state index in [-0.39, 0.29) is 24.6 Å². The molecule has 4 nitrogen and oxygen atoms in total. The average molecular weight is 248 g/mol. The van der Waals surface area contributed by atoms with Crippen LogP contribution in [0.5, 0.6) is 0 Å². The number of halogens is 2. The maximum absolute atomic E-state index is 13.1. The fourth-order valence-corrected chi connectivity index (χ4v) is 1.44. The highest BCUT2D eigenvalue weighted by Gasteiger charge is 2.40. The number of alkyl halides is 2. The molecule has 0 aromatic rings. The van der Waals surface area contributed by atoms with Gasteiger partial charge in [0.2, 0.25) is 5.91 Å². The lowest BCUT2D eigenvalue weighted by atomic mass is 10.1. The first-order valence-corrected chi connectivity index (χ1v) is 5.56. The molecule has 6 heteroatoms. The summed E-state index contributed by atoms with van der Waals surface area (Å²) in [6.07, 6.45) is -2.94. The number of nitrogens with zero attached hydrogens (tertiary/aromatic N) is 1. The topological polar surface area (TPSA) is 55.6 Å². The minimum atomic E-state index is -3.31. The molecule has 1 heterocycles. The van der Waals surface area contributed by atoms with Crippen LogP contribution in [-0.4, -0.2) is 42.7 Å². The quantitative estimate of drug-likeness (QED) is 0.717. The largest absolute Gasteiger partial charge is 0.379 e. The van der Waals surface area contributed by atoms with Crippen LogP contribution in [0.3, 0.4) is 0 Å². The van der Waals surface area contributed by atoms with Crippen molar-refractivity contribution in [2.24, 2.45) is 5.73 Å². The van der Waals surface area contributed by atoms with Gasteiger partial charge in [0.1, 0.15) is 0 Å². The molecule has 0 aromatic carbocycles. The SMILES string of the molecule is C=C(C)C(F)(F)OC1CN(C(=O)CCCN)C1. The van der Waals surface area contributed by atoms with E-state index in [1.165, 1.54) is 11.8 Å². The molecule has 0 saturated carbocycles. The van der Waals surface area contributed by atoms with Gasteiger partial charge in [-0.05, 0) is 19.9 Å². The minimum absolute atomic E-state index is 0.0612. The zero-order chi connectivity index (χ0) is 13.1. The van der Waals surface area contributed by atoms with Crippen molar-refractivity contribution in [3.8, 4) is 0 Å². The number of rotatable bonds is 6. The van der Waals surface area contributed by atoms with Crippen LogP contribution in [0.4, 0.5) is 8.78 Å². The van der Waals surface area contributed by atoms with Crippen molar-refractivity contribution in [1.82, 2.24) is 4.90 Å². The third-order valence-corrected chi connectivity index (χ3v) is 2.61. The van der Waals surface area contributed by atoms with Crippen molar-refractivity contribution in [2.45, 2.75) is 32.0 Å². The van der Waals surface area contributed by atoms with Gasteiger partial charge in [-0.25, -0.2) is 0 Å². The highest BCUT2D eigenvalue weighted by Crippen LogP contribution is 2.28. The second-order valence-electron chi connectivity index (χ2n) is 4.23. The van der Waals surface area contributed by atoms with Crippen LogP contribution in [0.15, 0.2) is 12.2 Å². The maximum Gasteiger partial charge on any atom is 0.379 e. The zero-order valence-electron chi connectivity index (χ0n) is 9.92. The van der Waals surface area contributed by atoms with E-state index in [1.54, 1.807) is 0 Å². The molecule has 0 atom stereocenters. The van der Waals surface area contributed by atoms with Gasteiger partial charge in [-0.15, -0.1) is 0 Å². The van der Waals surface area contributed by atoms with E-state index in [9.17, 15) is 13.6 Å². The maximum atomic E-state index is 13.1. The van der Waals surface area contributed by atoms with E-state index in [0.717, 1.165) is 0 Å². The lowest BCUT2D eigenvalue weighted by Gasteiger charge is -2.40. The Bertz CT molecular complexity index is 302. The summed E-state index contributed by atoms with van der Waals surface area (Å²) in [5, 5.41) is 0. The van der Waals surface area contributed by atoms with E-state index in [1.807, 2.05) is 0 Å². The van der Waals surface area contributed by atoms with Crippen molar-refractivity contribution in [2.75, 3.05) is 19.6 Å². The van der Waals surface area contributed by atoms with Crippen molar-refractivity contribution in [3.63, 3.8) is 0 Å². The number of nitrogens with two attached hydrogens (primary N) is 1. The number of carbonyl (C=O) groups excluding carboxylic acids is 1. The lowest BCUT2D eigenvalue weighted by Crippen LogP contribution is -2.56. The Morgan fingerprint density at radius 1 is 1.59 bits per heavy atom. The Morgan fingerprint density at radius 3 is 2.65 bits per heavy atom. The molecule has 1 amide bonds. The summed E-state index contributed by atoms with van der Waals surface area (Å²) < 4.78 is 30.8. The van der Waals surface area contributed by atoms with E-state index in [2.05, 4.69) is 11.3 Å². The van der Waals surface area contributed by atoms with Gasteiger partial charge in [-0.1, -0.05) is 6.58 Å². The molecule has 1 aliphatic heterocycles. The van der Waals surface area contributed by atoms with E-state index in [4.69, 9.17) is 5.73 Å². The Labute approximate surface area is 99.4 Å². The highest BCUT2D eigenvalue weighted by atomic mass is 19.3. The van der Waals surface area contributed by atoms with Gasteiger partial charge >= 0.3 is 6.11 Å². The van der Waals surface area contributed by atoms with Gasteiger partial charge in [0.15, 0.2) is 0 Å². The highest BCUT2D eigenvalue weighted by molar-refractivity contribution is 5.77. The smallest absolute Gasteiger partial charge is 0.337 e. The molecule has 2 N–H and O–H groups in total. The lowest BCUT2D eigenvalue weighted by molar-refractivity contribution is -0.256. The summed E-state index contributed by atoms with van der Waals surface area (Å²) in [6, 6.07) is 0. The predicted octanol–water partition coefficient (Wildman–Crippen LogP) is 1.12. The van der Waals surface area contributed by atoms with Gasteiger partial charge in [-0.3, -0.25) is 4.79 Å². The van der Waals surface area contributed by atoms with Gasteiger partial charge in [0.25, 0.3) is 0 Å². The molecule has 1 rings (SSSR count). The molecule has 1 aliphatic rings. The first kappa shape index (κ1) is 14.1. The summed E-state index contributed by atoms with van der Waals surface area (Å²) in [6.45, 7) is 5.26. The molecular formula is C11H18F2N2O2. The summed E-state index contributed by atoms with van der Waals surface area (Å²) in [7, 11) is 0. The number of likely N-dealkylation sites (tertiary alicyclic amines) is 1. The van der Waals surface area contributed by atoms with Gasteiger partial charge in [0, 0.05) is 25.1 Å². The van der Waals surface area contributed by atoms with Crippen LogP contribution in [0.2, 0.25) is 0 Å². The molecular weight excluding hydrogens is 230 g/mol. The van der Waals surface area contributed by atoms with Crippen molar-refractivity contribution < 1.29 is 18.3 Å². The second kappa shape index (κ2) is 5.55. The molecule has 0 bridgehead atoms. The van der Waals surface area contributed by atoms with E-state index >= 15 is 0 Å². The van der Waals surface area contributed by atoms with Crippen LogP contribution in [0, 0.1) is 0 Å². The zero-order valence-corrected chi connectivity index (χ0v) is 9.92. The third kappa shape index (κ3) is 3.74. The average Bonchev–Trinajstić information content (AvgIpc) is 2.19. The number of carbonyl (C=O) groups is 1. The minimum Gasteiger partial charge on any atom is -0.337 e. The molecule has 0 unspecified atom stereocenters. The number of hydrogen-bond acceptors (Lipinski definition) is 3. The molecule has 17 heavy (non-hydrogen) atoms. The molecule has 98 valence electrons. The third-order valence-electron chi connectivity index (χ3n) is 2.61. The molecule has 1 saturated heterocycles. The molecule has 0 aliphatic carbocycles. The normalized spacial score (nSPS) is 16.8. The summed E-state index contributed by atoms with van der Waals surface area (Å²) in [5.41, 5.74) is 4.95. The Morgan fingerprint density at radius 2 is 2.18 bits per heavy atom. The monoisotopic (exact) mass is 248 g/mol. The Balaban J connectivity index is 2.28.